The molecule has 18 heavy (non-hydrogen) atoms. The summed E-state index contributed by atoms with van der Waals surface area (Å²) in [6.45, 7) is 3.07. The van der Waals surface area contributed by atoms with Crippen LogP contribution in [-0.4, -0.2) is 6.61 Å². The minimum absolute atomic E-state index is 0.292. The van der Waals surface area contributed by atoms with Gasteiger partial charge in [-0.05, 0) is 39.6 Å². The molecule has 3 aromatic carbocycles. The number of hydrogen-bond acceptors (Lipinski definition) is 1. The highest BCUT2D eigenvalue weighted by atomic mass is 16.6. The molecule has 0 N–H and O–H groups in total. The van der Waals surface area contributed by atoms with Crippen molar-refractivity contribution in [1.82, 2.24) is 0 Å². The topological polar surface area (TPSA) is 12.5 Å². The second-order valence-corrected chi connectivity index (χ2v) is 4.95. The molecule has 1 fully saturated rings. The zero-order chi connectivity index (χ0) is 12.1. The quantitative estimate of drug-likeness (QED) is 0.450. The Kier molecular flexibility index (Phi) is 2.00. The zero-order valence-electron chi connectivity index (χ0n) is 10.3. The van der Waals surface area contributed by atoms with E-state index in [4.69, 9.17) is 4.74 Å². The summed E-state index contributed by atoms with van der Waals surface area (Å²) in [5.74, 6) is 0. The van der Waals surface area contributed by atoms with E-state index >= 15 is 0 Å². The van der Waals surface area contributed by atoms with Crippen LogP contribution < -0.4 is 0 Å². The Labute approximate surface area is 106 Å². The summed E-state index contributed by atoms with van der Waals surface area (Å²) >= 11 is 0. The van der Waals surface area contributed by atoms with Gasteiger partial charge >= 0.3 is 0 Å². The Morgan fingerprint density at radius 2 is 1.28 bits per heavy atom. The second-order valence-electron chi connectivity index (χ2n) is 4.95. The van der Waals surface area contributed by atoms with E-state index in [0.717, 1.165) is 6.61 Å². The van der Waals surface area contributed by atoms with Crippen LogP contribution in [-0.2, 0) is 4.74 Å². The Morgan fingerprint density at radius 3 is 1.72 bits per heavy atom. The van der Waals surface area contributed by atoms with Crippen molar-refractivity contribution in [3.63, 3.8) is 0 Å². The lowest BCUT2D eigenvalue weighted by Crippen LogP contribution is -1.91. The fourth-order valence-electron chi connectivity index (χ4n) is 2.94. The predicted molar refractivity (Wildman–Crippen MR) is 74.9 cm³/mol. The van der Waals surface area contributed by atoms with Crippen LogP contribution in [0.5, 0.6) is 0 Å². The average Bonchev–Trinajstić information content (AvgIpc) is 3.24. The van der Waals surface area contributed by atoms with Gasteiger partial charge in [0.25, 0.3) is 0 Å². The molecule has 0 aromatic heterocycles. The van der Waals surface area contributed by atoms with Crippen molar-refractivity contribution in [2.45, 2.75) is 13.0 Å². The molecule has 1 heteroatoms. The molecule has 1 aliphatic heterocycles. The first-order chi connectivity index (χ1) is 8.86. The third-order valence-corrected chi connectivity index (χ3v) is 3.90. The van der Waals surface area contributed by atoms with Gasteiger partial charge in [0.2, 0.25) is 0 Å². The van der Waals surface area contributed by atoms with Crippen molar-refractivity contribution >= 4 is 21.5 Å². The van der Waals surface area contributed by atoms with E-state index in [0.29, 0.717) is 6.10 Å². The maximum atomic E-state index is 5.55. The van der Waals surface area contributed by atoms with E-state index < -0.39 is 0 Å². The first kappa shape index (κ1) is 10.1. The van der Waals surface area contributed by atoms with Crippen molar-refractivity contribution in [3.8, 4) is 0 Å². The number of fused-ring (bicyclic) bond motifs is 2. The van der Waals surface area contributed by atoms with E-state index in [9.17, 15) is 0 Å². The van der Waals surface area contributed by atoms with Crippen LogP contribution in [0.3, 0.4) is 0 Å². The van der Waals surface area contributed by atoms with Crippen molar-refractivity contribution < 1.29 is 4.74 Å². The molecule has 1 atom stereocenters. The molecule has 1 heterocycles. The molecule has 4 rings (SSSR count). The molecule has 1 aliphatic rings. The van der Waals surface area contributed by atoms with Crippen molar-refractivity contribution in [3.05, 3.63) is 59.7 Å². The maximum absolute atomic E-state index is 5.55. The highest BCUT2D eigenvalue weighted by molar-refractivity contribution is 6.06. The van der Waals surface area contributed by atoms with Crippen LogP contribution in [0.1, 0.15) is 17.2 Å². The molecule has 0 bridgehead atoms. The SMILES string of the molecule is Cc1c2ccccc2c(C2CO2)c2ccccc12. The van der Waals surface area contributed by atoms with Crippen molar-refractivity contribution in [2.24, 2.45) is 0 Å². The second kappa shape index (κ2) is 3.56. The molecular formula is C17H14O. The van der Waals surface area contributed by atoms with Gasteiger partial charge in [0.1, 0.15) is 6.10 Å². The van der Waals surface area contributed by atoms with Gasteiger partial charge in [0.05, 0.1) is 6.61 Å². The summed E-state index contributed by atoms with van der Waals surface area (Å²) in [6.07, 6.45) is 0.292. The summed E-state index contributed by atoms with van der Waals surface area (Å²) in [7, 11) is 0. The number of ether oxygens (including phenoxy) is 1. The van der Waals surface area contributed by atoms with E-state index in [-0.39, 0.29) is 0 Å². The summed E-state index contributed by atoms with van der Waals surface area (Å²) in [5.41, 5.74) is 2.73. The molecule has 0 aliphatic carbocycles. The molecule has 3 aromatic rings. The Hall–Kier alpha value is -1.86. The third-order valence-electron chi connectivity index (χ3n) is 3.90. The van der Waals surface area contributed by atoms with Crippen LogP contribution in [0.15, 0.2) is 48.5 Å². The zero-order valence-corrected chi connectivity index (χ0v) is 10.3. The molecule has 0 radical (unpaired) electrons. The van der Waals surface area contributed by atoms with E-state index in [1.807, 2.05) is 0 Å². The number of rotatable bonds is 1. The average molecular weight is 234 g/mol. The van der Waals surface area contributed by atoms with Gasteiger partial charge in [-0.3, -0.25) is 0 Å². The maximum Gasteiger partial charge on any atom is 0.107 e. The van der Waals surface area contributed by atoms with Gasteiger partial charge in [-0.25, -0.2) is 0 Å². The fraction of sp³-hybridized carbons (Fsp3) is 0.176. The third kappa shape index (κ3) is 1.31. The summed E-state index contributed by atoms with van der Waals surface area (Å²) in [6, 6.07) is 17.3. The lowest BCUT2D eigenvalue weighted by molar-refractivity contribution is 0.418. The molecule has 1 nitrogen and oxygen atoms in total. The van der Waals surface area contributed by atoms with Crippen LogP contribution >= 0.6 is 0 Å². The van der Waals surface area contributed by atoms with Gasteiger partial charge in [-0.2, -0.15) is 0 Å². The summed E-state index contributed by atoms with van der Waals surface area (Å²) in [5, 5.41) is 5.38. The summed E-state index contributed by atoms with van der Waals surface area (Å²) < 4.78 is 5.55. The van der Waals surface area contributed by atoms with Gasteiger partial charge in [0, 0.05) is 0 Å². The smallest absolute Gasteiger partial charge is 0.107 e. The number of epoxide rings is 1. The Balaban J connectivity index is 2.28. The van der Waals surface area contributed by atoms with E-state index in [2.05, 4.69) is 55.5 Å². The lowest BCUT2D eigenvalue weighted by Gasteiger charge is -2.13. The minimum Gasteiger partial charge on any atom is -0.368 e. The molecule has 1 saturated heterocycles. The molecule has 1 unspecified atom stereocenters. The van der Waals surface area contributed by atoms with Gasteiger partial charge in [0.15, 0.2) is 0 Å². The summed E-state index contributed by atoms with van der Waals surface area (Å²) in [4.78, 5) is 0. The number of benzene rings is 3. The molecule has 0 saturated carbocycles. The first-order valence-corrected chi connectivity index (χ1v) is 6.38. The molecular weight excluding hydrogens is 220 g/mol. The normalized spacial score (nSPS) is 18.4. The van der Waals surface area contributed by atoms with Gasteiger partial charge < -0.3 is 4.74 Å². The van der Waals surface area contributed by atoms with Crippen LogP contribution in [0, 0.1) is 6.92 Å². The molecule has 88 valence electrons. The van der Waals surface area contributed by atoms with E-state index in [1.165, 1.54) is 32.7 Å². The Bertz CT molecular complexity index is 697. The van der Waals surface area contributed by atoms with Crippen LogP contribution in [0.25, 0.3) is 21.5 Å². The molecule has 0 amide bonds. The monoisotopic (exact) mass is 234 g/mol. The number of hydrogen-bond donors (Lipinski definition) is 0. The largest absolute Gasteiger partial charge is 0.368 e. The highest BCUT2D eigenvalue weighted by Crippen LogP contribution is 2.41. The first-order valence-electron chi connectivity index (χ1n) is 6.38. The van der Waals surface area contributed by atoms with Crippen LogP contribution in [0.2, 0.25) is 0 Å². The fourth-order valence-corrected chi connectivity index (χ4v) is 2.94. The highest BCUT2D eigenvalue weighted by Gasteiger charge is 2.29. The van der Waals surface area contributed by atoms with E-state index in [1.54, 1.807) is 0 Å². The Morgan fingerprint density at radius 1 is 0.833 bits per heavy atom. The van der Waals surface area contributed by atoms with Crippen molar-refractivity contribution in [2.75, 3.05) is 6.61 Å². The lowest BCUT2D eigenvalue weighted by atomic mass is 9.91. The molecule has 0 spiro atoms. The van der Waals surface area contributed by atoms with Gasteiger partial charge in [-0.1, -0.05) is 48.5 Å². The van der Waals surface area contributed by atoms with Gasteiger partial charge in [-0.15, -0.1) is 0 Å². The number of aryl methyl sites for hydroxylation is 1. The standard InChI is InChI=1S/C17H14O/c1-11-12-6-2-4-8-14(12)17(16-10-18-16)15-9-5-3-7-13(11)15/h2-9,16H,10H2,1H3. The van der Waals surface area contributed by atoms with Crippen LogP contribution in [0.4, 0.5) is 0 Å². The predicted octanol–water partition coefficient (Wildman–Crippen LogP) is 4.37. The minimum atomic E-state index is 0.292. The van der Waals surface area contributed by atoms with Crippen molar-refractivity contribution in [1.29, 1.82) is 0 Å².